The average molecular weight is 265 g/mol. The number of nitrogens with one attached hydrogen (secondary N) is 1. The van der Waals surface area contributed by atoms with Gasteiger partial charge in [0, 0.05) is 24.8 Å². The van der Waals surface area contributed by atoms with E-state index in [1.54, 1.807) is 13.2 Å². The Morgan fingerprint density at radius 2 is 2.11 bits per heavy atom. The lowest BCUT2D eigenvalue weighted by Gasteiger charge is -2.18. The summed E-state index contributed by atoms with van der Waals surface area (Å²) in [4.78, 5) is 0. The van der Waals surface area contributed by atoms with Gasteiger partial charge < -0.3 is 20.3 Å². The van der Waals surface area contributed by atoms with Crippen molar-refractivity contribution < 1.29 is 14.9 Å². The van der Waals surface area contributed by atoms with E-state index in [2.05, 4.69) is 5.32 Å². The molecule has 3 N–H and O–H groups in total. The predicted octanol–water partition coefficient (Wildman–Crippen LogP) is 1.90. The molecule has 19 heavy (non-hydrogen) atoms. The number of aliphatic hydroxyl groups excluding tert-OH is 1. The predicted molar refractivity (Wildman–Crippen MR) is 74.3 cm³/mol. The van der Waals surface area contributed by atoms with Crippen molar-refractivity contribution in [3.05, 3.63) is 23.8 Å². The van der Waals surface area contributed by atoms with Crippen LogP contribution in [0.2, 0.25) is 0 Å². The molecule has 1 aromatic carbocycles. The van der Waals surface area contributed by atoms with Crippen LogP contribution in [0, 0.1) is 11.8 Å². The molecule has 2 atom stereocenters. The number of aromatic hydroxyl groups is 1. The zero-order valence-corrected chi connectivity index (χ0v) is 11.4. The second-order valence-electron chi connectivity index (χ2n) is 5.26. The molecule has 0 amide bonds. The number of methoxy groups -OCH3 is 1. The van der Waals surface area contributed by atoms with Crippen molar-refractivity contribution in [2.45, 2.75) is 25.8 Å². The second-order valence-corrected chi connectivity index (χ2v) is 5.26. The highest BCUT2D eigenvalue weighted by Crippen LogP contribution is 2.31. The molecule has 0 heterocycles. The third-order valence-electron chi connectivity index (χ3n) is 4.07. The van der Waals surface area contributed by atoms with Crippen LogP contribution < -0.4 is 10.1 Å². The summed E-state index contributed by atoms with van der Waals surface area (Å²) in [6, 6.07) is 5.35. The van der Waals surface area contributed by atoms with Crippen LogP contribution >= 0.6 is 0 Å². The van der Waals surface area contributed by atoms with Crippen LogP contribution in [0.1, 0.15) is 24.8 Å². The van der Waals surface area contributed by atoms with Crippen LogP contribution in [0.25, 0.3) is 0 Å². The van der Waals surface area contributed by atoms with Gasteiger partial charge in [0.15, 0.2) is 0 Å². The fourth-order valence-corrected chi connectivity index (χ4v) is 2.84. The smallest absolute Gasteiger partial charge is 0.123 e. The maximum absolute atomic E-state index is 9.85. The summed E-state index contributed by atoms with van der Waals surface area (Å²) in [6.45, 7) is 1.83. The molecule has 1 aliphatic carbocycles. The highest BCUT2D eigenvalue weighted by molar-refractivity contribution is 5.39. The Balaban J connectivity index is 1.82. The number of rotatable bonds is 6. The Kier molecular flexibility index (Phi) is 5.05. The van der Waals surface area contributed by atoms with Crippen LogP contribution in [0.4, 0.5) is 0 Å². The normalized spacial score (nSPS) is 22.6. The van der Waals surface area contributed by atoms with Crippen molar-refractivity contribution in [1.29, 1.82) is 0 Å². The monoisotopic (exact) mass is 265 g/mol. The van der Waals surface area contributed by atoms with Gasteiger partial charge in [-0.25, -0.2) is 0 Å². The lowest BCUT2D eigenvalue weighted by atomic mass is 9.97. The number of phenols is 1. The molecule has 0 spiro atoms. The van der Waals surface area contributed by atoms with Gasteiger partial charge >= 0.3 is 0 Å². The van der Waals surface area contributed by atoms with Gasteiger partial charge in [-0.2, -0.15) is 0 Å². The van der Waals surface area contributed by atoms with Crippen molar-refractivity contribution in [2.24, 2.45) is 11.8 Å². The van der Waals surface area contributed by atoms with Gasteiger partial charge in [-0.1, -0.05) is 12.5 Å². The zero-order chi connectivity index (χ0) is 13.7. The van der Waals surface area contributed by atoms with E-state index in [0.29, 0.717) is 30.7 Å². The molecule has 2 rings (SSSR count). The molecule has 1 aromatic rings. The number of aliphatic hydroxyl groups is 1. The summed E-state index contributed by atoms with van der Waals surface area (Å²) < 4.78 is 5.06. The molecular formula is C15H23NO3. The molecule has 0 aliphatic heterocycles. The number of hydrogen-bond acceptors (Lipinski definition) is 4. The van der Waals surface area contributed by atoms with Crippen LogP contribution in [0.5, 0.6) is 11.5 Å². The number of hydrogen-bond donors (Lipinski definition) is 3. The van der Waals surface area contributed by atoms with Gasteiger partial charge in [-0.05, 0) is 37.3 Å². The first kappa shape index (κ1) is 14.2. The van der Waals surface area contributed by atoms with Crippen LogP contribution in [-0.4, -0.2) is 30.5 Å². The molecule has 0 saturated heterocycles. The molecule has 1 saturated carbocycles. The first-order valence-electron chi connectivity index (χ1n) is 6.92. The van der Waals surface area contributed by atoms with Crippen LogP contribution in [0.3, 0.4) is 0 Å². The molecule has 2 unspecified atom stereocenters. The Bertz CT molecular complexity index is 408. The Morgan fingerprint density at radius 1 is 1.32 bits per heavy atom. The quantitative estimate of drug-likeness (QED) is 0.735. The Morgan fingerprint density at radius 3 is 2.79 bits per heavy atom. The highest BCUT2D eigenvalue weighted by atomic mass is 16.5. The summed E-state index contributed by atoms with van der Waals surface area (Å²) in [5, 5.41) is 22.5. The van der Waals surface area contributed by atoms with Crippen molar-refractivity contribution in [3.63, 3.8) is 0 Å². The standard InChI is InChI=1S/C15H23NO3/c1-19-14-6-5-12(15(18)7-14)9-16-8-11-3-2-4-13(11)10-17/h5-7,11,13,16-18H,2-4,8-10H2,1H3. The minimum atomic E-state index is 0.261. The number of ether oxygens (including phenoxy) is 1. The van der Waals surface area contributed by atoms with Gasteiger partial charge in [0.25, 0.3) is 0 Å². The van der Waals surface area contributed by atoms with Crippen molar-refractivity contribution in [2.75, 3.05) is 20.3 Å². The second kappa shape index (κ2) is 6.78. The Hall–Kier alpha value is -1.26. The van der Waals surface area contributed by atoms with Crippen molar-refractivity contribution in [3.8, 4) is 11.5 Å². The summed E-state index contributed by atoms with van der Waals surface area (Å²) in [6.07, 6.45) is 3.54. The zero-order valence-electron chi connectivity index (χ0n) is 11.4. The molecule has 0 aromatic heterocycles. The van der Waals surface area contributed by atoms with Gasteiger partial charge in [0.2, 0.25) is 0 Å². The largest absolute Gasteiger partial charge is 0.507 e. The number of benzene rings is 1. The average Bonchev–Trinajstić information content (AvgIpc) is 2.88. The summed E-state index contributed by atoms with van der Waals surface area (Å²) in [7, 11) is 1.59. The Labute approximate surface area is 114 Å². The van der Waals surface area contributed by atoms with Crippen LogP contribution in [-0.2, 0) is 6.54 Å². The minimum absolute atomic E-state index is 0.261. The lowest BCUT2D eigenvalue weighted by Crippen LogP contribution is -2.26. The lowest BCUT2D eigenvalue weighted by molar-refractivity contribution is 0.192. The van der Waals surface area contributed by atoms with Crippen molar-refractivity contribution >= 4 is 0 Å². The highest BCUT2D eigenvalue weighted by Gasteiger charge is 2.25. The van der Waals surface area contributed by atoms with Gasteiger partial charge in [-0.15, -0.1) is 0 Å². The van der Waals surface area contributed by atoms with E-state index in [1.807, 2.05) is 12.1 Å². The summed E-state index contributed by atoms with van der Waals surface area (Å²) in [5.74, 6) is 1.93. The van der Waals surface area contributed by atoms with E-state index < -0.39 is 0 Å². The minimum Gasteiger partial charge on any atom is -0.507 e. The van der Waals surface area contributed by atoms with Crippen LogP contribution in [0.15, 0.2) is 18.2 Å². The van der Waals surface area contributed by atoms with E-state index >= 15 is 0 Å². The topological polar surface area (TPSA) is 61.7 Å². The molecule has 1 fully saturated rings. The molecular weight excluding hydrogens is 242 g/mol. The fourth-order valence-electron chi connectivity index (χ4n) is 2.84. The molecule has 1 aliphatic rings. The summed E-state index contributed by atoms with van der Waals surface area (Å²) >= 11 is 0. The molecule has 0 bridgehead atoms. The molecule has 4 heteroatoms. The SMILES string of the molecule is COc1ccc(CNCC2CCCC2CO)c(O)c1. The van der Waals surface area contributed by atoms with E-state index in [-0.39, 0.29) is 5.75 Å². The molecule has 0 radical (unpaired) electrons. The van der Waals surface area contributed by atoms with Gasteiger partial charge in [-0.3, -0.25) is 0 Å². The summed E-state index contributed by atoms with van der Waals surface area (Å²) in [5.41, 5.74) is 0.874. The third kappa shape index (κ3) is 3.61. The van der Waals surface area contributed by atoms with E-state index in [9.17, 15) is 10.2 Å². The molecule has 106 valence electrons. The number of phenolic OH excluding ortho intramolecular Hbond substituents is 1. The van der Waals surface area contributed by atoms with Gasteiger partial charge in [0.05, 0.1) is 7.11 Å². The van der Waals surface area contributed by atoms with E-state index in [4.69, 9.17) is 4.74 Å². The first-order valence-corrected chi connectivity index (χ1v) is 6.92. The first-order chi connectivity index (χ1) is 9.24. The third-order valence-corrected chi connectivity index (χ3v) is 4.07. The maximum atomic E-state index is 9.85. The van der Waals surface area contributed by atoms with Gasteiger partial charge in [0.1, 0.15) is 11.5 Å². The van der Waals surface area contributed by atoms with E-state index in [1.165, 1.54) is 12.8 Å². The van der Waals surface area contributed by atoms with E-state index in [0.717, 1.165) is 18.5 Å². The molecule has 4 nitrogen and oxygen atoms in total. The van der Waals surface area contributed by atoms with Crippen molar-refractivity contribution in [1.82, 2.24) is 5.32 Å². The fraction of sp³-hybridized carbons (Fsp3) is 0.600. The maximum Gasteiger partial charge on any atom is 0.123 e.